The SMILES string of the molecule is Cc1c(CCC(=O)O)c(=O)oc2cc(OCc3c(F)cccc3Cl)ccc12. The first-order valence-corrected chi connectivity index (χ1v) is 8.58. The highest BCUT2D eigenvalue weighted by Gasteiger charge is 2.14. The summed E-state index contributed by atoms with van der Waals surface area (Å²) in [5.74, 6) is -1.05. The van der Waals surface area contributed by atoms with Crippen LogP contribution in [-0.4, -0.2) is 11.1 Å². The van der Waals surface area contributed by atoms with E-state index in [-0.39, 0.29) is 30.0 Å². The highest BCUT2D eigenvalue weighted by Crippen LogP contribution is 2.26. The number of rotatable bonds is 6. The van der Waals surface area contributed by atoms with Crippen molar-refractivity contribution < 1.29 is 23.4 Å². The molecule has 0 fully saturated rings. The number of hydrogen-bond acceptors (Lipinski definition) is 4. The first kappa shape index (κ1) is 18.9. The van der Waals surface area contributed by atoms with Crippen LogP contribution < -0.4 is 10.4 Å². The molecule has 7 heteroatoms. The van der Waals surface area contributed by atoms with Gasteiger partial charge in [-0.05, 0) is 43.2 Å². The Labute approximate surface area is 158 Å². The van der Waals surface area contributed by atoms with Crippen LogP contribution in [0.1, 0.15) is 23.1 Å². The second-order valence-corrected chi connectivity index (χ2v) is 6.44. The topological polar surface area (TPSA) is 76.7 Å². The van der Waals surface area contributed by atoms with Gasteiger partial charge in [-0.3, -0.25) is 4.79 Å². The Hall–Kier alpha value is -2.86. The predicted octanol–water partition coefficient (Wildman–Crippen LogP) is 4.49. The van der Waals surface area contributed by atoms with Crippen molar-refractivity contribution in [1.29, 1.82) is 0 Å². The minimum Gasteiger partial charge on any atom is -0.489 e. The number of hydrogen-bond donors (Lipinski definition) is 1. The zero-order valence-electron chi connectivity index (χ0n) is 14.4. The second-order valence-electron chi connectivity index (χ2n) is 6.03. The normalized spacial score (nSPS) is 10.9. The van der Waals surface area contributed by atoms with Crippen LogP contribution >= 0.6 is 11.6 Å². The highest BCUT2D eigenvalue weighted by molar-refractivity contribution is 6.31. The molecule has 5 nitrogen and oxygen atoms in total. The van der Waals surface area contributed by atoms with Crippen molar-refractivity contribution in [2.24, 2.45) is 0 Å². The number of fused-ring (bicyclic) bond motifs is 1. The second kappa shape index (κ2) is 7.80. The molecule has 2 aromatic carbocycles. The molecule has 0 aliphatic carbocycles. The Kier molecular flexibility index (Phi) is 5.46. The summed E-state index contributed by atoms with van der Waals surface area (Å²) in [5.41, 5.74) is 0.994. The summed E-state index contributed by atoms with van der Waals surface area (Å²) in [5, 5.41) is 9.76. The molecule has 0 unspecified atom stereocenters. The maximum Gasteiger partial charge on any atom is 0.339 e. The molecule has 0 atom stereocenters. The molecule has 1 N–H and O–H groups in total. The quantitative estimate of drug-likeness (QED) is 0.627. The van der Waals surface area contributed by atoms with Crippen molar-refractivity contribution in [1.82, 2.24) is 0 Å². The number of carboxylic acid groups (broad SMARTS) is 1. The lowest BCUT2D eigenvalue weighted by Gasteiger charge is -2.11. The van der Waals surface area contributed by atoms with E-state index in [0.717, 1.165) is 0 Å². The molecule has 0 aliphatic heterocycles. The number of halogens is 2. The lowest BCUT2D eigenvalue weighted by Crippen LogP contribution is -2.12. The molecule has 0 saturated heterocycles. The van der Waals surface area contributed by atoms with E-state index in [0.29, 0.717) is 27.8 Å². The molecule has 0 radical (unpaired) electrons. The largest absolute Gasteiger partial charge is 0.489 e. The van der Waals surface area contributed by atoms with Crippen LogP contribution in [0.3, 0.4) is 0 Å². The van der Waals surface area contributed by atoms with Gasteiger partial charge >= 0.3 is 11.6 Å². The van der Waals surface area contributed by atoms with Crippen molar-refractivity contribution >= 4 is 28.5 Å². The molecule has 0 bridgehead atoms. The van der Waals surface area contributed by atoms with Gasteiger partial charge in [0.25, 0.3) is 0 Å². The molecular formula is C20H16ClFO5. The third-order valence-corrected chi connectivity index (χ3v) is 4.65. The minimum atomic E-state index is -0.982. The van der Waals surface area contributed by atoms with E-state index in [1.807, 2.05) is 0 Å². The van der Waals surface area contributed by atoms with Gasteiger partial charge in [-0.25, -0.2) is 9.18 Å². The molecule has 0 spiro atoms. The molecule has 27 heavy (non-hydrogen) atoms. The van der Waals surface area contributed by atoms with Crippen LogP contribution in [0.5, 0.6) is 5.75 Å². The molecular weight excluding hydrogens is 375 g/mol. The van der Waals surface area contributed by atoms with E-state index in [4.69, 9.17) is 25.9 Å². The van der Waals surface area contributed by atoms with Crippen molar-refractivity contribution in [3.8, 4) is 5.75 Å². The van der Waals surface area contributed by atoms with Crippen LogP contribution in [0.15, 0.2) is 45.6 Å². The fourth-order valence-corrected chi connectivity index (χ4v) is 3.03. The molecule has 1 aromatic heterocycles. The first-order valence-electron chi connectivity index (χ1n) is 8.20. The van der Waals surface area contributed by atoms with Crippen molar-refractivity contribution in [3.63, 3.8) is 0 Å². The summed E-state index contributed by atoms with van der Waals surface area (Å²) in [6.45, 7) is 1.67. The Bertz CT molecular complexity index is 1050. The van der Waals surface area contributed by atoms with E-state index < -0.39 is 17.4 Å². The van der Waals surface area contributed by atoms with E-state index >= 15 is 0 Å². The van der Waals surface area contributed by atoms with Crippen LogP contribution in [0, 0.1) is 12.7 Å². The lowest BCUT2D eigenvalue weighted by atomic mass is 10.0. The number of carbonyl (C=O) groups is 1. The summed E-state index contributed by atoms with van der Waals surface area (Å²) in [6, 6.07) is 9.31. The fourth-order valence-electron chi connectivity index (χ4n) is 2.81. The van der Waals surface area contributed by atoms with Crippen LogP contribution in [0.25, 0.3) is 11.0 Å². The van der Waals surface area contributed by atoms with Crippen molar-refractivity contribution in [2.75, 3.05) is 0 Å². The molecule has 140 valence electrons. The number of ether oxygens (including phenoxy) is 1. The summed E-state index contributed by atoms with van der Waals surface area (Å²) >= 11 is 5.98. The van der Waals surface area contributed by atoms with Gasteiger partial charge in [0.2, 0.25) is 0 Å². The smallest absolute Gasteiger partial charge is 0.339 e. The molecule has 1 heterocycles. The van der Waals surface area contributed by atoms with Gasteiger partial charge in [-0.2, -0.15) is 0 Å². The van der Waals surface area contributed by atoms with Crippen LogP contribution in [0.2, 0.25) is 5.02 Å². The number of aliphatic carboxylic acids is 1. The average molecular weight is 391 g/mol. The van der Waals surface area contributed by atoms with E-state index in [1.54, 1.807) is 31.2 Å². The molecule has 3 aromatic rings. The Morgan fingerprint density at radius 2 is 2.04 bits per heavy atom. The monoisotopic (exact) mass is 390 g/mol. The van der Waals surface area contributed by atoms with Gasteiger partial charge < -0.3 is 14.3 Å². The minimum absolute atomic E-state index is 0.0725. The van der Waals surface area contributed by atoms with Crippen molar-refractivity contribution in [3.05, 3.63) is 74.3 Å². The van der Waals surface area contributed by atoms with E-state index in [1.165, 1.54) is 12.1 Å². The summed E-state index contributed by atoms with van der Waals surface area (Å²) in [6.07, 6.45) is -0.0504. The van der Waals surface area contributed by atoms with E-state index in [2.05, 4.69) is 0 Å². The highest BCUT2D eigenvalue weighted by atomic mass is 35.5. The lowest BCUT2D eigenvalue weighted by molar-refractivity contribution is -0.136. The average Bonchev–Trinajstić information content (AvgIpc) is 2.60. The van der Waals surface area contributed by atoms with Gasteiger partial charge in [0.05, 0.1) is 5.02 Å². The van der Waals surface area contributed by atoms with Gasteiger partial charge in [0.15, 0.2) is 0 Å². The summed E-state index contributed by atoms with van der Waals surface area (Å²) < 4.78 is 24.7. The Balaban J connectivity index is 1.88. The number of aryl methyl sites for hydroxylation is 1. The third-order valence-electron chi connectivity index (χ3n) is 4.29. The van der Waals surface area contributed by atoms with Gasteiger partial charge in [0.1, 0.15) is 23.8 Å². The zero-order chi connectivity index (χ0) is 19.6. The number of carboxylic acids is 1. The fraction of sp³-hybridized carbons (Fsp3) is 0.200. The first-order chi connectivity index (χ1) is 12.9. The van der Waals surface area contributed by atoms with Gasteiger partial charge in [-0.15, -0.1) is 0 Å². The molecule has 0 saturated carbocycles. The maximum absolute atomic E-state index is 13.8. The van der Waals surface area contributed by atoms with Crippen LogP contribution in [-0.2, 0) is 17.8 Å². The molecule has 0 amide bonds. The van der Waals surface area contributed by atoms with Crippen LogP contribution in [0.4, 0.5) is 4.39 Å². The Morgan fingerprint density at radius 1 is 1.26 bits per heavy atom. The summed E-state index contributed by atoms with van der Waals surface area (Å²) in [7, 11) is 0. The summed E-state index contributed by atoms with van der Waals surface area (Å²) in [4.78, 5) is 22.9. The molecule has 3 rings (SSSR count). The zero-order valence-corrected chi connectivity index (χ0v) is 15.2. The predicted molar refractivity (Wildman–Crippen MR) is 98.9 cm³/mol. The van der Waals surface area contributed by atoms with Gasteiger partial charge in [-0.1, -0.05) is 17.7 Å². The third kappa shape index (κ3) is 4.11. The van der Waals surface area contributed by atoms with E-state index in [9.17, 15) is 14.0 Å². The van der Waals surface area contributed by atoms with Crippen molar-refractivity contribution in [2.45, 2.75) is 26.4 Å². The maximum atomic E-state index is 13.8. The standard InChI is InChI=1S/C20H16ClFO5/c1-11-13-6-5-12(26-10-15-16(21)3-2-4-17(15)22)9-18(13)27-20(25)14(11)7-8-19(23)24/h2-6,9H,7-8,10H2,1H3,(H,23,24). The Morgan fingerprint density at radius 3 is 2.74 bits per heavy atom. The van der Waals surface area contributed by atoms with Gasteiger partial charge in [0, 0.05) is 29.0 Å². The molecule has 0 aliphatic rings. The number of benzene rings is 2.